The highest BCUT2D eigenvalue weighted by Gasteiger charge is 2.18. The molecule has 0 atom stereocenters. The van der Waals surface area contributed by atoms with Gasteiger partial charge in [-0.2, -0.15) is 0 Å². The van der Waals surface area contributed by atoms with Crippen molar-refractivity contribution in [2.75, 3.05) is 5.73 Å². The van der Waals surface area contributed by atoms with Crippen LogP contribution in [0.4, 0.5) is 5.69 Å². The molecule has 0 heterocycles. The van der Waals surface area contributed by atoms with Crippen molar-refractivity contribution in [3.8, 4) is 17.2 Å². The second-order valence-corrected chi connectivity index (χ2v) is 5.60. The number of hydrogen-bond donors (Lipinski definition) is 2. The van der Waals surface area contributed by atoms with E-state index in [4.69, 9.17) is 10.5 Å². The SMILES string of the molecule is CC(C)(C)c1cc(Oc2ccc(N)cc2)ccc1O. The van der Waals surface area contributed by atoms with Gasteiger partial charge in [0.25, 0.3) is 0 Å². The zero-order chi connectivity index (χ0) is 14.0. The average Bonchev–Trinajstić information content (AvgIpc) is 2.33. The number of rotatable bonds is 2. The van der Waals surface area contributed by atoms with E-state index in [0.717, 1.165) is 11.3 Å². The fraction of sp³-hybridized carbons (Fsp3) is 0.250. The lowest BCUT2D eigenvalue weighted by molar-refractivity contribution is 0.438. The molecule has 0 unspecified atom stereocenters. The number of phenolic OH excluding ortho intramolecular Hbond substituents is 1. The van der Waals surface area contributed by atoms with Crippen LogP contribution in [0.15, 0.2) is 42.5 Å². The van der Waals surface area contributed by atoms with E-state index >= 15 is 0 Å². The molecule has 2 rings (SSSR count). The molecule has 0 aromatic heterocycles. The Morgan fingerprint density at radius 2 is 1.53 bits per heavy atom. The number of phenols is 1. The molecule has 0 radical (unpaired) electrons. The van der Waals surface area contributed by atoms with E-state index in [-0.39, 0.29) is 11.2 Å². The van der Waals surface area contributed by atoms with Crippen molar-refractivity contribution >= 4 is 5.69 Å². The highest BCUT2D eigenvalue weighted by atomic mass is 16.5. The highest BCUT2D eigenvalue weighted by Crippen LogP contribution is 2.34. The summed E-state index contributed by atoms with van der Waals surface area (Å²) in [6.07, 6.45) is 0. The van der Waals surface area contributed by atoms with Gasteiger partial charge in [-0.3, -0.25) is 0 Å². The van der Waals surface area contributed by atoms with E-state index in [1.165, 1.54) is 0 Å². The predicted molar refractivity (Wildman–Crippen MR) is 77.7 cm³/mol. The number of nitrogen functional groups attached to an aromatic ring is 1. The van der Waals surface area contributed by atoms with Gasteiger partial charge >= 0.3 is 0 Å². The number of anilines is 1. The van der Waals surface area contributed by atoms with Gasteiger partial charge in [-0.05, 0) is 47.9 Å². The highest BCUT2D eigenvalue weighted by molar-refractivity contribution is 5.46. The first-order valence-electron chi connectivity index (χ1n) is 6.23. The summed E-state index contributed by atoms with van der Waals surface area (Å²) in [6.45, 7) is 6.15. The summed E-state index contributed by atoms with van der Waals surface area (Å²) in [6, 6.07) is 12.5. The third-order valence-corrected chi connectivity index (χ3v) is 2.89. The maximum absolute atomic E-state index is 9.90. The summed E-state index contributed by atoms with van der Waals surface area (Å²) in [4.78, 5) is 0. The molecule has 100 valence electrons. The maximum atomic E-state index is 9.90. The Bertz CT molecular complexity index is 568. The van der Waals surface area contributed by atoms with Crippen LogP contribution in [0, 0.1) is 0 Å². The molecule has 3 heteroatoms. The normalized spacial score (nSPS) is 11.3. The minimum Gasteiger partial charge on any atom is -0.508 e. The third-order valence-electron chi connectivity index (χ3n) is 2.89. The molecule has 2 aromatic rings. The number of benzene rings is 2. The second kappa shape index (κ2) is 4.84. The monoisotopic (exact) mass is 257 g/mol. The molecule has 0 bridgehead atoms. The Morgan fingerprint density at radius 1 is 0.947 bits per heavy atom. The van der Waals surface area contributed by atoms with Crippen LogP contribution in [0.25, 0.3) is 0 Å². The fourth-order valence-electron chi connectivity index (χ4n) is 1.85. The van der Waals surface area contributed by atoms with Crippen molar-refractivity contribution < 1.29 is 9.84 Å². The zero-order valence-corrected chi connectivity index (χ0v) is 11.5. The van der Waals surface area contributed by atoms with Crippen molar-refractivity contribution in [3.05, 3.63) is 48.0 Å². The summed E-state index contributed by atoms with van der Waals surface area (Å²) in [5.74, 6) is 1.71. The molecule has 0 spiro atoms. The number of aromatic hydroxyl groups is 1. The molecule has 3 nitrogen and oxygen atoms in total. The molecule has 2 aromatic carbocycles. The first-order chi connectivity index (χ1) is 8.86. The van der Waals surface area contributed by atoms with Crippen LogP contribution < -0.4 is 10.5 Å². The van der Waals surface area contributed by atoms with Gasteiger partial charge in [0, 0.05) is 11.3 Å². The quantitative estimate of drug-likeness (QED) is 0.797. The van der Waals surface area contributed by atoms with Crippen LogP contribution in [0.2, 0.25) is 0 Å². The minimum atomic E-state index is -0.134. The van der Waals surface area contributed by atoms with Crippen LogP contribution in [0.5, 0.6) is 17.2 Å². The van der Waals surface area contributed by atoms with E-state index in [9.17, 15) is 5.11 Å². The number of hydrogen-bond acceptors (Lipinski definition) is 3. The molecule has 0 saturated carbocycles. The first kappa shape index (κ1) is 13.3. The molecule has 0 aliphatic rings. The zero-order valence-electron chi connectivity index (χ0n) is 11.5. The standard InChI is InChI=1S/C16H19NO2/c1-16(2,3)14-10-13(8-9-15(14)18)19-12-6-4-11(17)5-7-12/h4-10,18H,17H2,1-3H3. The van der Waals surface area contributed by atoms with Crippen molar-refractivity contribution in [2.24, 2.45) is 0 Å². The van der Waals surface area contributed by atoms with Gasteiger partial charge in [-0.15, -0.1) is 0 Å². The maximum Gasteiger partial charge on any atom is 0.127 e. The second-order valence-electron chi connectivity index (χ2n) is 5.60. The molecular weight excluding hydrogens is 238 g/mol. The fourth-order valence-corrected chi connectivity index (χ4v) is 1.85. The van der Waals surface area contributed by atoms with Crippen LogP contribution >= 0.6 is 0 Å². The predicted octanol–water partition coefficient (Wildman–Crippen LogP) is 4.06. The van der Waals surface area contributed by atoms with Gasteiger partial charge in [-0.25, -0.2) is 0 Å². The van der Waals surface area contributed by atoms with Crippen LogP contribution in [-0.4, -0.2) is 5.11 Å². The van der Waals surface area contributed by atoms with Gasteiger partial charge in [0.15, 0.2) is 0 Å². The van der Waals surface area contributed by atoms with Crippen molar-refractivity contribution in [3.63, 3.8) is 0 Å². The lowest BCUT2D eigenvalue weighted by atomic mass is 9.86. The number of ether oxygens (including phenoxy) is 1. The van der Waals surface area contributed by atoms with Gasteiger partial charge in [-0.1, -0.05) is 20.8 Å². The van der Waals surface area contributed by atoms with Gasteiger partial charge in [0.05, 0.1) is 0 Å². The van der Waals surface area contributed by atoms with Gasteiger partial charge in [0.1, 0.15) is 17.2 Å². The van der Waals surface area contributed by atoms with Crippen LogP contribution in [0.3, 0.4) is 0 Å². The lowest BCUT2D eigenvalue weighted by Crippen LogP contribution is -2.11. The Morgan fingerprint density at radius 3 is 2.11 bits per heavy atom. The molecular formula is C16H19NO2. The summed E-state index contributed by atoms with van der Waals surface area (Å²) < 4.78 is 5.76. The number of nitrogens with two attached hydrogens (primary N) is 1. The smallest absolute Gasteiger partial charge is 0.127 e. The van der Waals surface area contributed by atoms with Gasteiger partial charge in [0.2, 0.25) is 0 Å². The molecule has 0 aliphatic heterocycles. The van der Waals surface area contributed by atoms with E-state index in [1.807, 2.05) is 18.2 Å². The summed E-state index contributed by atoms with van der Waals surface area (Å²) in [5.41, 5.74) is 7.06. The molecule has 0 fully saturated rings. The van der Waals surface area contributed by atoms with Gasteiger partial charge < -0.3 is 15.6 Å². The largest absolute Gasteiger partial charge is 0.508 e. The van der Waals surface area contributed by atoms with E-state index in [0.29, 0.717) is 11.4 Å². The van der Waals surface area contributed by atoms with Crippen molar-refractivity contribution in [1.82, 2.24) is 0 Å². The van der Waals surface area contributed by atoms with Crippen molar-refractivity contribution in [2.45, 2.75) is 26.2 Å². The summed E-state index contributed by atoms with van der Waals surface area (Å²) >= 11 is 0. The Hall–Kier alpha value is -2.16. The Balaban J connectivity index is 2.29. The third kappa shape index (κ3) is 3.19. The minimum absolute atomic E-state index is 0.134. The van der Waals surface area contributed by atoms with E-state index < -0.39 is 0 Å². The average molecular weight is 257 g/mol. The molecule has 3 N–H and O–H groups in total. The first-order valence-corrected chi connectivity index (χ1v) is 6.23. The lowest BCUT2D eigenvalue weighted by Gasteiger charge is -2.21. The molecule has 0 saturated heterocycles. The van der Waals surface area contributed by atoms with Crippen molar-refractivity contribution in [1.29, 1.82) is 0 Å². The van der Waals surface area contributed by atoms with Crippen LogP contribution in [-0.2, 0) is 5.41 Å². The summed E-state index contributed by atoms with van der Waals surface area (Å²) in [5, 5.41) is 9.90. The molecule has 19 heavy (non-hydrogen) atoms. The van der Waals surface area contributed by atoms with E-state index in [2.05, 4.69) is 20.8 Å². The topological polar surface area (TPSA) is 55.5 Å². The van der Waals surface area contributed by atoms with E-state index in [1.54, 1.807) is 24.3 Å². The summed E-state index contributed by atoms with van der Waals surface area (Å²) in [7, 11) is 0. The Kier molecular flexibility index (Phi) is 3.38. The Labute approximate surface area is 113 Å². The molecule has 0 aliphatic carbocycles. The molecule has 0 amide bonds. The van der Waals surface area contributed by atoms with Crippen LogP contribution in [0.1, 0.15) is 26.3 Å².